The minimum atomic E-state index is -0.818. The third-order valence-electron chi connectivity index (χ3n) is 5.73. The summed E-state index contributed by atoms with van der Waals surface area (Å²) in [6, 6.07) is 28.6. The van der Waals surface area contributed by atoms with Gasteiger partial charge in [0.05, 0.1) is 18.3 Å². The van der Waals surface area contributed by atoms with Crippen LogP contribution in [0.3, 0.4) is 0 Å². The number of hydrogen-bond donors (Lipinski definition) is 0. The number of imide groups is 1. The first-order valence-electron chi connectivity index (χ1n) is 10.4. The van der Waals surface area contributed by atoms with E-state index in [-0.39, 0.29) is 24.4 Å². The van der Waals surface area contributed by atoms with Crippen LogP contribution < -0.4 is 5.06 Å². The number of carbonyl (C=O) groups is 2. The summed E-state index contributed by atoms with van der Waals surface area (Å²) >= 11 is 0. The van der Waals surface area contributed by atoms with Gasteiger partial charge in [-0.2, -0.15) is 0 Å². The van der Waals surface area contributed by atoms with E-state index in [9.17, 15) is 9.59 Å². The summed E-state index contributed by atoms with van der Waals surface area (Å²) in [6.45, 7) is 0.259. The van der Waals surface area contributed by atoms with Crippen molar-refractivity contribution in [3.05, 3.63) is 108 Å². The van der Waals surface area contributed by atoms with Crippen molar-refractivity contribution in [1.82, 2.24) is 4.90 Å². The van der Waals surface area contributed by atoms with Crippen molar-refractivity contribution < 1.29 is 14.4 Å². The molecule has 5 nitrogen and oxygen atoms in total. The second-order valence-corrected chi connectivity index (χ2v) is 7.72. The molecule has 2 fully saturated rings. The highest BCUT2D eigenvalue weighted by molar-refractivity contribution is 6.07. The number of likely N-dealkylation sites (tertiary alicyclic amines) is 1. The van der Waals surface area contributed by atoms with Gasteiger partial charge in [-0.3, -0.25) is 19.3 Å². The predicted octanol–water partition coefficient (Wildman–Crippen LogP) is 4.07. The largest absolute Gasteiger partial charge is 0.275 e. The lowest BCUT2D eigenvalue weighted by atomic mass is 9.95. The number of benzene rings is 3. The Morgan fingerprint density at radius 1 is 0.774 bits per heavy atom. The van der Waals surface area contributed by atoms with E-state index in [1.165, 1.54) is 4.90 Å². The predicted molar refractivity (Wildman–Crippen MR) is 119 cm³/mol. The molecule has 2 saturated heterocycles. The van der Waals surface area contributed by atoms with Gasteiger partial charge in [0, 0.05) is 0 Å². The molecular weight excluding hydrogens is 388 g/mol. The van der Waals surface area contributed by atoms with Crippen LogP contribution >= 0.6 is 0 Å². The van der Waals surface area contributed by atoms with Crippen molar-refractivity contribution in [2.24, 2.45) is 5.92 Å². The number of carbonyl (C=O) groups excluding carboxylic acids is 2. The monoisotopic (exact) mass is 410 g/mol. The van der Waals surface area contributed by atoms with Gasteiger partial charge >= 0.3 is 0 Å². The summed E-state index contributed by atoms with van der Waals surface area (Å²) in [5.74, 6) is -1.06. The zero-order valence-electron chi connectivity index (χ0n) is 16.9. The topological polar surface area (TPSA) is 49.9 Å². The van der Waals surface area contributed by atoms with Crippen LogP contribution in [0, 0.1) is 5.92 Å². The smallest absolute Gasteiger partial charge is 0.262 e. The number of fused-ring (bicyclic) bond motifs is 1. The van der Waals surface area contributed by atoms with E-state index < -0.39 is 12.0 Å². The van der Waals surface area contributed by atoms with Crippen LogP contribution in [0.25, 0.3) is 6.08 Å². The van der Waals surface area contributed by atoms with Gasteiger partial charge in [0.15, 0.2) is 6.10 Å². The fourth-order valence-electron chi connectivity index (χ4n) is 4.20. The summed E-state index contributed by atoms with van der Waals surface area (Å²) in [5, 5.41) is 1.70. The van der Waals surface area contributed by atoms with Crippen molar-refractivity contribution in [3.8, 4) is 0 Å². The van der Waals surface area contributed by atoms with Crippen LogP contribution in [0.5, 0.6) is 0 Å². The quantitative estimate of drug-likeness (QED) is 0.595. The van der Waals surface area contributed by atoms with E-state index in [0.717, 1.165) is 16.8 Å². The second-order valence-electron chi connectivity index (χ2n) is 7.72. The van der Waals surface area contributed by atoms with E-state index in [4.69, 9.17) is 4.84 Å². The zero-order chi connectivity index (χ0) is 21.2. The van der Waals surface area contributed by atoms with Crippen molar-refractivity contribution in [3.63, 3.8) is 0 Å². The molecule has 0 saturated carbocycles. The molecular formula is C26H22N2O3. The molecule has 5 heteroatoms. The molecule has 0 spiro atoms. The summed E-state index contributed by atoms with van der Waals surface area (Å²) < 4.78 is 0. The third-order valence-corrected chi connectivity index (χ3v) is 5.73. The lowest BCUT2D eigenvalue weighted by Gasteiger charge is -2.26. The first-order valence-corrected chi connectivity index (χ1v) is 10.4. The Hall–Kier alpha value is -3.70. The standard InChI is InChI=1S/C26H22N2O3/c29-25-23-22(17-16-19-10-4-1-5-11-19)28(21-14-8-3-9-15-21)31-24(23)26(30)27(25)18-20-12-6-2-7-13-20/h1-17,22-24H,18H2/b17-16+/t22-,23-,24-/m1/s1. The Morgan fingerprint density at radius 2 is 1.39 bits per heavy atom. The molecule has 2 aliphatic heterocycles. The van der Waals surface area contributed by atoms with Crippen LogP contribution in [-0.2, 0) is 21.0 Å². The third kappa shape index (κ3) is 3.64. The highest BCUT2D eigenvalue weighted by Crippen LogP contribution is 2.39. The van der Waals surface area contributed by atoms with Crippen LogP contribution in [0.4, 0.5) is 5.69 Å². The SMILES string of the molecule is O=C1[C@@H]2[C@@H](/C=C/c3ccccc3)N(c3ccccc3)O[C@H]2C(=O)N1Cc1ccccc1. The number of para-hydroxylation sites is 1. The number of nitrogens with zero attached hydrogens (tertiary/aromatic N) is 2. The maximum absolute atomic E-state index is 13.4. The van der Waals surface area contributed by atoms with E-state index in [1.807, 2.05) is 103 Å². The van der Waals surface area contributed by atoms with Gasteiger partial charge in [-0.25, -0.2) is 5.06 Å². The van der Waals surface area contributed by atoms with E-state index in [0.29, 0.717) is 0 Å². The van der Waals surface area contributed by atoms with Crippen molar-refractivity contribution >= 4 is 23.6 Å². The summed E-state index contributed by atoms with van der Waals surface area (Å²) in [5.41, 5.74) is 2.76. The molecule has 3 atom stereocenters. The fraction of sp³-hybridized carbons (Fsp3) is 0.154. The minimum Gasteiger partial charge on any atom is -0.275 e. The molecule has 31 heavy (non-hydrogen) atoms. The zero-order valence-corrected chi connectivity index (χ0v) is 16.9. The molecule has 2 amide bonds. The van der Waals surface area contributed by atoms with Gasteiger partial charge in [0.2, 0.25) is 5.91 Å². The van der Waals surface area contributed by atoms with Gasteiger partial charge < -0.3 is 0 Å². The molecule has 0 bridgehead atoms. The van der Waals surface area contributed by atoms with Crippen molar-refractivity contribution in [1.29, 1.82) is 0 Å². The van der Waals surface area contributed by atoms with Crippen LogP contribution in [0.15, 0.2) is 97.1 Å². The molecule has 0 aromatic heterocycles. The Kier molecular flexibility index (Phi) is 5.10. The molecule has 2 aliphatic rings. The molecule has 0 unspecified atom stereocenters. The van der Waals surface area contributed by atoms with Crippen LogP contribution in [0.1, 0.15) is 11.1 Å². The Bertz CT molecular complexity index is 1100. The van der Waals surface area contributed by atoms with E-state index in [2.05, 4.69) is 0 Å². The lowest BCUT2D eigenvalue weighted by Crippen LogP contribution is -2.39. The molecule has 0 radical (unpaired) electrons. The van der Waals surface area contributed by atoms with E-state index >= 15 is 0 Å². The van der Waals surface area contributed by atoms with Gasteiger partial charge in [-0.15, -0.1) is 0 Å². The number of hydroxylamine groups is 1. The maximum atomic E-state index is 13.4. The Balaban J connectivity index is 1.47. The molecule has 3 aromatic carbocycles. The number of anilines is 1. The lowest BCUT2D eigenvalue weighted by molar-refractivity contribution is -0.143. The van der Waals surface area contributed by atoms with E-state index in [1.54, 1.807) is 5.06 Å². The van der Waals surface area contributed by atoms with Crippen LogP contribution in [-0.4, -0.2) is 28.9 Å². The molecule has 0 N–H and O–H groups in total. The van der Waals surface area contributed by atoms with Gasteiger partial charge in [0.25, 0.3) is 5.91 Å². The Morgan fingerprint density at radius 3 is 2.06 bits per heavy atom. The molecule has 2 heterocycles. The molecule has 0 aliphatic carbocycles. The minimum absolute atomic E-state index is 0.194. The van der Waals surface area contributed by atoms with Crippen LogP contribution in [0.2, 0.25) is 0 Å². The normalized spacial score (nSPS) is 23.0. The summed E-state index contributed by atoms with van der Waals surface area (Å²) in [6.07, 6.45) is 3.12. The fourth-order valence-corrected chi connectivity index (χ4v) is 4.20. The van der Waals surface area contributed by atoms with Gasteiger partial charge in [-0.05, 0) is 23.3 Å². The highest BCUT2D eigenvalue weighted by Gasteiger charge is 2.58. The maximum Gasteiger partial charge on any atom is 0.262 e. The second kappa shape index (κ2) is 8.20. The first kappa shape index (κ1) is 19.3. The van der Waals surface area contributed by atoms with Gasteiger partial charge in [0.1, 0.15) is 5.92 Å². The average Bonchev–Trinajstić information content (AvgIpc) is 3.31. The Labute approximate surface area is 181 Å². The van der Waals surface area contributed by atoms with Crippen molar-refractivity contribution in [2.75, 3.05) is 5.06 Å². The van der Waals surface area contributed by atoms with Crippen molar-refractivity contribution in [2.45, 2.75) is 18.7 Å². The molecule has 154 valence electrons. The van der Waals surface area contributed by atoms with Gasteiger partial charge in [-0.1, -0.05) is 91.0 Å². The first-order chi connectivity index (χ1) is 15.2. The average molecular weight is 410 g/mol. The molecule has 5 rings (SSSR count). The highest BCUT2D eigenvalue weighted by atomic mass is 16.7. The number of amides is 2. The number of hydrogen-bond acceptors (Lipinski definition) is 4. The number of rotatable bonds is 5. The summed E-state index contributed by atoms with van der Waals surface area (Å²) in [7, 11) is 0. The summed E-state index contributed by atoms with van der Waals surface area (Å²) in [4.78, 5) is 33.9. The molecule has 3 aromatic rings.